The molecule has 0 aliphatic carbocycles. The van der Waals surface area contributed by atoms with E-state index in [4.69, 9.17) is 5.73 Å². The van der Waals surface area contributed by atoms with Gasteiger partial charge in [0.05, 0.1) is 0 Å². The summed E-state index contributed by atoms with van der Waals surface area (Å²) in [6, 6.07) is 0.156. The first-order valence-electron chi connectivity index (χ1n) is 7.47. The largest absolute Gasteiger partial charge is 0.352 e. The van der Waals surface area contributed by atoms with Crippen molar-refractivity contribution in [2.24, 2.45) is 5.73 Å². The molecule has 0 spiro atoms. The molecule has 4 N–H and O–H groups in total. The highest BCUT2D eigenvalue weighted by Crippen LogP contribution is 2.10. The predicted octanol–water partition coefficient (Wildman–Crippen LogP) is 2.77. The zero-order valence-electron chi connectivity index (χ0n) is 12.1. The minimum Gasteiger partial charge on any atom is -0.352 e. The van der Waals surface area contributed by atoms with Crippen LogP contribution in [0.15, 0.2) is 0 Å². The van der Waals surface area contributed by atoms with Gasteiger partial charge in [0.1, 0.15) is 0 Å². The van der Waals surface area contributed by atoms with Gasteiger partial charge in [-0.25, -0.2) is 4.79 Å². The van der Waals surface area contributed by atoms with Crippen molar-refractivity contribution in [3.05, 3.63) is 0 Å². The van der Waals surface area contributed by atoms with E-state index < -0.39 is 6.03 Å². The minimum atomic E-state index is -0.440. The fraction of sp³-hybridized carbons (Fsp3) is 0.929. The molecule has 108 valence electrons. The van der Waals surface area contributed by atoms with E-state index in [1.165, 1.54) is 51.4 Å². The average molecular weight is 257 g/mol. The molecule has 0 rings (SSSR count). The molecule has 0 aromatic carbocycles. The smallest absolute Gasteiger partial charge is 0.312 e. The highest BCUT2D eigenvalue weighted by Gasteiger charge is 2.07. The fourth-order valence-corrected chi connectivity index (χ4v) is 2.09. The third-order valence-corrected chi connectivity index (χ3v) is 3.17. The normalized spacial score (nSPS) is 10.8. The molecule has 0 aromatic rings. The fourth-order valence-electron chi connectivity index (χ4n) is 2.09. The second-order valence-corrected chi connectivity index (χ2v) is 4.93. The lowest BCUT2D eigenvalue weighted by molar-refractivity contribution is 0.248. The Morgan fingerprint density at radius 1 is 1.00 bits per heavy atom. The van der Waals surface area contributed by atoms with Crippen LogP contribution in [0, 0.1) is 0 Å². The monoisotopic (exact) mass is 257 g/mol. The van der Waals surface area contributed by atoms with E-state index in [0.717, 1.165) is 6.54 Å². The van der Waals surface area contributed by atoms with Crippen molar-refractivity contribution in [3.63, 3.8) is 0 Å². The van der Waals surface area contributed by atoms with E-state index in [0.29, 0.717) is 12.6 Å². The zero-order valence-corrected chi connectivity index (χ0v) is 12.1. The van der Waals surface area contributed by atoms with Gasteiger partial charge in [0, 0.05) is 19.1 Å². The van der Waals surface area contributed by atoms with Crippen LogP contribution >= 0.6 is 0 Å². The third kappa shape index (κ3) is 11.7. The molecule has 0 aromatic heterocycles. The van der Waals surface area contributed by atoms with Crippen LogP contribution in [0.1, 0.15) is 65.2 Å². The van der Waals surface area contributed by atoms with E-state index in [1.807, 2.05) is 0 Å². The lowest BCUT2D eigenvalue weighted by Crippen LogP contribution is -2.39. The molecule has 0 fully saturated rings. The van der Waals surface area contributed by atoms with Gasteiger partial charge in [0.2, 0.25) is 0 Å². The second-order valence-electron chi connectivity index (χ2n) is 4.93. The highest BCUT2D eigenvalue weighted by atomic mass is 16.2. The number of unbranched alkanes of at least 4 members (excludes halogenated alkanes) is 4. The van der Waals surface area contributed by atoms with Gasteiger partial charge < -0.3 is 16.4 Å². The molecule has 0 saturated carbocycles. The van der Waals surface area contributed by atoms with Crippen molar-refractivity contribution in [2.75, 3.05) is 13.1 Å². The first-order chi connectivity index (χ1) is 8.70. The standard InChI is InChI=1S/C14H31N3O/c1-3-5-7-9-13(10-8-6-4-2)16-11-12-17-14(15)18/h13,16H,3-12H2,1-2H3,(H3,15,17,18). The van der Waals surface area contributed by atoms with Gasteiger partial charge in [-0.3, -0.25) is 0 Å². The van der Waals surface area contributed by atoms with Gasteiger partial charge in [-0.2, -0.15) is 0 Å². The Kier molecular flexibility index (Phi) is 12.1. The first-order valence-corrected chi connectivity index (χ1v) is 7.47. The van der Waals surface area contributed by atoms with Crippen molar-refractivity contribution in [2.45, 2.75) is 71.3 Å². The van der Waals surface area contributed by atoms with Crippen molar-refractivity contribution in [1.82, 2.24) is 10.6 Å². The maximum atomic E-state index is 10.5. The average Bonchev–Trinajstić information content (AvgIpc) is 2.34. The van der Waals surface area contributed by atoms with Crippen LogP contribution < -0.4 is 16.4 Å². The summed E-state index contributed by atoms with van der Waals surface area (Å²) in [7, 11) is 0. The number of amides is 2. The molecule has 4 heteroatoms. The molecule has 0 radical (unpaired) electrons. The van der Waals surface area contributed by atoms with Gasteiger partial charge >= 0.3 is 6.03 Å². The zero-order chi connectivity index (χ0) is 13.6. The number of nitrogens with one attached hydrogen (secondary N) is 2. The Balaban J connectivity index is 3.69. The summed E-state index contributed by atoms with van der Waals surface area (Å²) >= 11 is 0. The lowest BCUT2D eigenvalue weighted by atomic mass is 10.0. The van der Waals surface area contributed by atoms with Gasteiger partial charge in [-0.1, -0.05) is 52.4 Å². The molecule has 0 saturated heterocycles. The van der Waals surface area contributed by atoms with Gasteiger partial charge in [0.15, 0.2) is 0 Å². The molecular weight excluding hydrogens is 226 g/mol. The Hall–Kier alpha value is -0.770. The Morgan fingerprint density at radius 2 is 1.56 bits per heavy atom. The molecule has 4 nitrogen and oxygen atoms in total. The summed E-state index contributed by atoms with van der Waals surface area (Å²) < 4.78 is 0. The van der Waals surface area contributed by atoms with Crippen molar-refractivity contribution >= 4 is 6.03 Å². The summed E-state index contributed by atoms with van der Waals surface area (Å²) in [5.41, 5.74) is 5.03. The number of urea groups is 1. The van der Waals surface area contributed by atoms with E-state index in [-0.39, 0.29) is 0 Å². The van der Waals surface area contributed by atoms with E-state index >= 15 is 0 Å². The van der Waals surface area contributed by atoms with E-state index in [2.05, 4.69) is 24.5 Å². The molecule has 0 unspecified atom stereocenters. The summed E-state index contributed by atoms with van der Waals surface area (Å²) in [4.78, 5) is 10.5. The van der Waals surface area contributed by atoms with Gasteiger partial charge in [0.25, 0.3) is 0 Å². The van der Waals surface area contributed by atoms with Crippen molar-refractivity contribution in [1.29, 1.82) is 0 Å². The Labute approximate surface area is 112 Å². The highest BCUT2D eigenvalue weighted by molar-refractivity contribution is 5.71. The van der Waals surface area contributed by atoms with Crippen LogP contribution in [0.25, 0.3) is 0 Å². The van der Waals surface area contributed by atoms with E-state index in [9.17, 15) is 4.79 Å². The summed E-state index contributed by atoms with van der Waals surface area (Å²) in [6.07, 6.45) is 10.2. The maximum Gasteiger partial charge on any atom is 0.312 e. The minimum absolute atomic E-state index is 0.440. The molecule has 18 heavy (non-hydrogen) atoms. The number of primary amides is 1. The number of rotatable bonds is 12. The Morgan fingerprint density at radius 3 is 2.00 bits per heavy atom. The first kappa shape index (κ1) is 17.2. The topological polar surface area (TPSA) is 67.2 Å². The number of hydrogen-bond acceptors (Lipinski definition) is 2. The molecule has 0 heterocycles. The van der Waals surface area contributed by atoms with Crippen LogP contribution in [0.5, 0.6) is 0 Å². The molecule has 0 bridgehead atoms. The number of hydrogen-bond donors (Lipinski definition) is 3. The van der Waals surface area contributed by atoms with Crippen LogP contribution in [-0.2, 0) is 0 Å². The van der Waals surface area contributed by atoms with Crippen LogP contribution in [-0.4, -0.2) is 25.2 Å². The van der Waals surface area contributed by atoms with Crippen LogP contribution in [0.3, 0.4) is 0 Å². The van der Waals surface area contributed by atoms with Crippen molar-refractivity contribution < 1.29 is 4.79 Å². The van der Waals surface area contributed by atoms with Crippen molar-refractivity contribution in [3.8, 4) is 0 Å². The predicted molar refractivity (Wildman–Crippen MR) is 77.7 cm³/mol. The number of carbonyl (C=O) groups excluding carboxylic acids is 1. The summed E-state index contributed by atoms with van der Waals surface area (Å²) in [5, 5.41) is 6.13. The molecule has 0 atom stereocenters. The summed E-state index contributed by atoms with van der Waals surface area (Å²) in [5.74, 6) is 0. The molecular formula is C14H31N3O. The van der Waals surface area contributed by atoms with Crippen LogP contribution in [0.4, 0.5) is 4.79 Å². The van der Waals surface area contributed by atoms with Crippen LogP contribution in [0.2, 0.25) is 0 Å². The molecule has 0 aliphatic heterocycles. The Bertz CT molecular complexity index is 187. The van der Waals surface area contributed by atoms with Gasteiger partial charge in [-0.05, 0) is 12.8 Å². The third-order valence-electron chi connectivity index (χ3n) is 3.17. The summed E-state index contributed by atoms with van der Waals surface area (Å²) in [6.45, 7) is 5.89. The second kappa shape index (κ2) is 12.7. The number of nitrogens with two attached hydrogens (primary N) is 1. The van der Waals surface area contributed by atoms with Gasteiger partial charge in [-0.15, -0.1) is 0 Å². The number of carbonyl (C=O) groups is 1. The van der Waals surface area contributed by atoms with E-state index in [1.54, 1.807) is 0 Å². The maximum absolute atomic E-state index is 10.5. The molecule has 0 aliphatic rings. The quantitative estimate of drug-likeness (QED) is 0.471. The molecule has 2 amide bonds. The SMILES string of the molecule is CCCCCC(CCCCC)NCCNC(N)=O. The lowest BCUT2D eigenvalue weighted by Gasteiger charge is -2.18.